The van der Waals surface area contributed by atoms with E-state index in [1.165, 1.54) is 5.56 Å². The number of likely N-dealkylation sites (tertiary alicyclic amines) is 1. The zero-order valence-corrected chi connectivity index (χ0v) is 18.1. The van der Waals surface area contributed by atoms with Crippen LogP contribution in [0.1, 0.15) is 40.4 Å². The summed E-state index contributed by atoms with van der Waals surface area (Å²) in [7, 11) is 2.01. The summed E-state index contributed by atoms with van der Waals surface area (Å²) < 4.78 is 2.04. The lowest BCUT2D eigenvalue weighted by molar-refractivity contribution is 0.0711. The lowest BCUT2D eigenvalue weighted by atomic mass is 9.92. The Hall–Kier alpha value is -3.74. The van der Waals surface area contributed by atoms with Crippen molar-refractivity contribution in [1.29, 1.82) is 0 Å². The fraction of sp³-hybridized carbons (Fsp3) is 0.280. The van der Waals surface area contributed by atoms with Gasteiger partial charge in [0, 0.05) is 50.7 Å². The minimum Gasteiger partial charge on any atom is -0.364 e. The van der Waals surface area contributed by atoms with E-state index in [1.54, 1.807) is 18.5 Å². The third-order valence-corrected chi connectivity index (χ3v) is 6.14. The van der Waals surface area contributed by atoms with Gasteiger partial charge < -0.3 is 14.8 Å². The third-order valence-electron chi connectivity index (χ3n) is 6.14. The first-order valence-electron chi connectivity index (χ1n) is 11.0. The number of rotatable bonds is 5. The summed E-state index contributed by atoms with van der Waals surface area (Å²) in [6.07, 6.45) is 6.93. The van der Waals surface area contributed by atoms with E-state index in [0.717, 1.165) is 48.5 Å². The molecule has 7 nitrogen and oxygen atoms in total. The molecular formula is C25H26N6O. The summed E-state index contributed by atoms with van der Waals surface area (Å²) in [6, 6.07) is 16.1. The molecule has 0 bridgehead atoms. The number of aromatic nitrogens is 4. The van der Waals surface area contributed by atoms with E-state index in [2.05, 4.69) is 33.5 Å². The van der Waals surface area contributed by atoms with E-state index in [4.69, 9.17) is 4.98 Å². The quantitative estimate of drug-likeness (QED) is 0.522. The largest absolute Gasteiger partial charge is 0.364 e. The Balaban J connectivity index is 1.34. The standard InChI is InChI=1S/C25H26N6O/c1-30-17-28-23-22(30)14-21(29-24(23)27-15-18-6-3-2-4-7-18)19-9-12-31(13-10-19)25(32)20-8-5-11-26-16-20/h2-8,11,14,16-17,19H,9-10,12-13,15H2,1H3,(H,27,29). The van der Waals surface area contributed by atoms with Gasteiger partial charge in [0.2, 0.25) is 0 Å². The number of nitrogens with one attached hydrogen (secondary N) is 1. The number of pyridine rings is 2. The molecule has 162 valence electrons. The van der Waals surface area contributed by atoms with Crippen LogP contribution in [0.4, 0.5) is 5.82 Å². The van der Waals surface area contributed by atoms with Crippen molar-refractivity contribution in [2.75, 3.05) is 18.4 Å². The van der Waals surface area contributed by atoms with Gasteiger partial charge in [0.1, 0.15) is 5.52 Å². The summed E-state index contributed by atoms with van der Waals surface area (Å²) in [4.78, 5) is 28.3. The number of aryl methyl sites for hydroxylation is 1. The summed E-state index contributed by atoms with van der Waals surface area (Å²) in [6.45, 7) is 2.13. The van der Waals surface area contributed by atoms with Crippen molar-refractivity contribution in [3.05, 3.63) is 84.1 Å². The second kappa shape index (κ2) is 8.78. The average molecular weight is 427 g/mol. The molecule has 0 unspecified atom stereocenters. The number of carbonyl (C=O) groups is 1. The Kier molecular flexibility index (Phi) is 5.54. The topological polar surface area (TPSA) is 75.9 Å². The molecule has 1 aliphatic rings. The number of anilines is 1. The molecule has 1 saturated heterocycles. The van der Waals surface area contributed by atoms with Crippen LogP contribution in [-0.4, -0.2) is 43.4 Å². The zero-order chi connectivity index (χ0) is 21.9. The van der Waals surface area contributed by atoms with Crippen LogP contribution in [0, 0.1) is 0 Å². The molecule has 7 heteroatoms. The number of carbonyl (C=O) groups excluding carboxylic acids is 1. The van der Waals surface area contributed by atoms with Crippen molar-refractivity contribution < 1.29 is 4.79 Å². The van der Waals surface area contributed by atoms with Gasteiger partial charge in [-0.1, -0.05) is 30.3 Å². The van der Waals surface area contributed by atoms with Gasteiger partial charge in [-0.15, -0.1) is 0 Å². The van der Waals surface area contributed by atoms with Crippen molar-refractivity contribution in [3.63, 3.8) is 0 Å². The molecule has 1 amide bonds. The lowest BCUT2D eigenvalue weighted by Crippen LogP contribution is -2.38. The second-order valence-corrected chi connectivity index (χ2v) is 8.27. The Bertz CT molecular complexity index is 1210. The molecule has 1 fully saturated rings. The van der Waals surface area contributed by atoms with Gasteiger partial charge in [-0.25, -0.2) is 9.97 Å². The van der Waals surface area contributed by atoms with Crippen LogP contribution in [0.5, 0.6) is 0 Å². The number of amides is 1. The fourth-order valence-electron chi connectivity index (χ4n) is 4.31. The molecule has 32 heavy (non-hydrogen) atoms. The van der Waals surface area contributed by atoms with E-state index < -0.39 is 0 Å². The summed E-state index contributed by atoms with van der Waals surface area (Å²) in [5.41, 5.74) is 4.86. The molecule has 1 N–H and O–H groups in total. The van der Waals surface area contributed by atoms with E-state index in [1.807, 2.05) is 47.1 Å². The number of fused-ring (bicyclic) bond motifs is 1. The van der Waals surface area contributed by atoms with Gasteiger partial charge in [-0.3, -0.25) is 9.78 Å². The highest BCUT2D eigenvalue weighted by molar-refractivity contribution is 5.94. The number of imidazole rings is 1. The monoisotopic (exact) mass is 426 g/mol. The average Bonchev–Trinajstić information content (AvgIpc) is 3.24. The van der Waals surface area contributed by atoms with E-state index in [0.29, 0.717) is 18.0 Å². The number of benzene rings is 1. The Morgan fingerprint density at radius 1 is 1.12 bits per heavy atom. The first-order chi connectivity index (χ1) is 15.7. The second-order valence-electron chi connectivity index (χ2n) is 8.27. The predicted molar refractivity (Wildman–Crippen MR) is 124 cm³/mol. The first kappa shape index (κ1) is 20.2. The normalized spacial score (nSPS) is 14.6. The van der Waals surface area contributed by atoms with Crippen LogP contribution in [0.15, 0.2) is 67.3 Å². The van der Waals surface area contributed by atoms with E-state index >= 15 is 0 Å². The molecule has 0 atom stereocenters. The van der Waals surface area contributed by atoms with Crippen molar-refractivity contribution in [1.82, 2.24) is 24.4 Å². The van der Waals surface area contributed by atoms with Crippen LogP contribution in [0.25, 0.3) is 11.0 Å². The van der Waals surface area contributed by atoms with Crippen LogP contribution in [0.2, 0.25) is 0 Å². The Morgan fingerprint density at radius 3 is 2.69 bits per heavy atom. The first-order valence-corrected chi connectivity index (χ1v) is 11.0. The Labute approximate surface area is 187 Å². The highest BCUT2D eigenvalue weighted by Crippen LogP contribution is 2.31. The minimum absolute atomic E-state index is 0.0526. The van der Waals surface area contributed by atoms with Gasteiger partial charge in [0.05, 0.1) is 17.4 Å². The number of nitrogens with zero attached hydrogens (tertiary/aromatic N) is 5. The van der Waals surface area contributed by atoms with Gasteiger partial charge in [-0.05, 0) is 36.6 Å². The van der Waals surface area contributed by atoms with Gasteiger partial charge >= 0.3 is 0 Å². The van der Waals surface area contributed by atoms with Crippen LogP contribution in [-0.2, 0) is 13.6 Å². The van der Waals surface area contributed by atoms with E-state index in [9.17, 15) is 4.79 Å². The predicted octanol–water partition coefficient (Wildman–Crippen LogP) is 4.00. The van der Waals surface area contributed by atoms with Gasteiger partial charge in [-0.2, -0.15) is 0 Å². The number of hydrogen-bond donors (Lipinski definition) is 1. The smallest absolute Gasteiger partial charge is 0.255 e. The molecule has 4 heterocycles. The summed E-state index contributed by atoms with van der Waals surface area (Å²) in [5.74, 6) is 1.18. The highest BCUT2D eigenvalue weighted by Gasteiger charge is 2.26. The SMILES string of the molecule is Cn1cnc2c(NCc3ccccc3)nc(C3CCN(C(=O)c4cccnc4)CC3)cc21. The summed E-state index contributed by atoms with van der Waals surface area (Å²) >= 11 is 0. The van der Waals surface area contributed by atoms with Crippen molar-refractivity contribution in [2.24, 2.45) is 7.05 Å². The molecular weight excluding hydrogens is 400 g/mol. The maximum absolute atomic E-state index is 12.8. The van der Waals surface area contributed by atoms with Crippen molar-refractivity contribution in [2.45, 2.75) is 25.3 Å². The highest BCUT2D eigenvalue weighted by atomic mass is 16.2. The maximum Gasteiger partial charge on any atom is 0.255 e. The van der Waals surface area contributed by atoms with Crippen LogP contribution in [0.3, 0.4) is 0 Å². The lowest BCUT2D eigenvalue weighted by Gasteiger charge is -2.32. The molecule has 5 rings (SSSR count). The van der Waals surface area contributed by atoms with Crippen molar-refractivity contribution >= 4 is 22.8 Å². The zero-order valence-electron chi connectivity index (χ0n) is 18.1. The number of piperidine rings is 1. The molecule has 4 aromatic rings. The molecule has 0 aliphatic carbocycles. The van der Waals surface area contributed by atoms with Crippen LogP contribution < -0.4 is 5.32 Å². The van der Waals surface area contributed by atoms with Crippen molar-refractivity contribution in [3.8, 4) is 0 Å². The minimum atomic E-state index is 0.0526. The summed E-state index contributed by atoms with van der Waals surface area (Å²) in [5, 5.41) is 3.49. The number of hydrogen-bond acceptors (Lipinski definition) is 5. The maximum atomic E-state index is 12.8. The molecule has 3 aromatic heterocycles. The molecule has 0 spiro atoms. The molecule has 1 aromatic carbocycles. The molecule has 0 saturated carbocycles. The van der Waals surface area contributed by atoms with Gasteiger partial charge in [0.15, 0.2) is 5.82 Å². The fourth-order valence-corrected chi connectivity index (χ4v) is 4.31. The van der Waals surface area contributed by atoms with Crippen LogP contribution >= 0.6 is 0 Å². The third kappa shape index (κ3) is 4.06. The molecule has 0 radical (unpaired) electrons. The van der Waals surface area contributed by atoms with Gasteiger partial charge in [0.25, 0.3) is 5.91 Å². The Morgan fingerprint density at radius 2 is 1.94 bits per heavy atom. The molecule has 1 aliphatic heterocycles. The van der Waals surface area contributed by atoms with E-state index in [-0.39, 0.29) is 5.91 Å².